The molecule has 116 valence electrons. The van der Waals surface area contributed by atoms with Crippen LogP contribution in [0.5, 0.6) is 0 Å². The molecule has 4 nitrogen and oxygen atoms in total. The number of hydrogen-bond acceptors (Lipinski definition) is 3. The van der Waals surface area contributed by atoms with E-state index in [9.17, 15) is 13.2 Å². The Labute approximate surface area is 135 Å². The van der Waals surface area contributed by atoms with Crippen molar-refractivity contribution in [2.24, 2.45) is 0 Å². The van der Waals surface area contributed by atoms with Crippen molar-refractivity contribution in [1.82, 2.24) is 0 Å². The third-order valence-corrected chi connectivity index (χ3v) is 4.62. The molecule has 0 heterocycles. The average molecular weight is 338 g/mol. The van der Waals surface area contributed by atoms with Gasteiger partial charge in [0.2, 0.25) is 5.91 Å². The fourth-order valence-electron chi connectivity index (χ4n) is 2.15. The number of halogens is 1. The summed E-state index contributed by atoms with van der Waals surface area (Å²) in [7, 11) is -3.36. The molecular weight excluding hydrogens is 322 g/mol. The van der Waals surface area contributed by atoms with Gasteiger partial charge in [-0.2, -0.15) is 0 Å². The fourth-order valence-corrected chi connectivity index (χ4v) is 3.32. The Hall–Kier alpha value is -1.85. The molecule has 0 aliphatic heterocycles. The second kappa shape index (κ2) is 6.50. The van der Waals surface area contributed by atoms with Crippen LogP contribution in [0.1, 0.15) is 11.1 Å². The summed E-state index contributed by atoms with van der Waals surface area (Å²) < 4.78 is 23.5. The zero-order valence-corrected chi connectivity index (χ0v) is 13.8. The van der Waals surface area contributed by atoms with Gasteiger partial charge in [-0.1, -0.05) is 29.8 Å². The minimum atomic E-state index is -3.36. The van der Waals surface area contributed by atoms with Crippen LogP contribution in [-0.2, 0) is 21.1 Å². The third-order valence-electron chi connectivity index (χ3n) is 3.19. The first-order chi connectivity index (χ1) is 10.3. The number of amides is 1. The van der Waals surface area contributed by atoms with Crippen molar-refractivity contribution in [3.05, 3.63) is 58.6 Å². The first-order valence-electron chi connectivity index (χ1n) is 6.61. The molecule has 0 unspecified atom stereocenters. The zero-order valence-electron chi connectivity index (χ0n) is 12.3. The minimum absolute atomic E-state index is 0.00862. The average Bonchev–Trinajstić information content (AvgIpc) is 2.41. The molecule has 0 atom stereocenters. The number of carbonyl (C=O) groups excluding carboxylic acids is 1. The van der Waals surface area contributed by atoms with E-state index >= 15 is 0 Å². The summed E-state index contributed by atoms with van der Waals surface area (Å²) in [4.78, 5) is 12.3. The Morgan fingerprint density at radius 1 is 1.18 bits per heavy atom. The molecule has 0 aromatic heterocycles. The Morgan fingerprint density at radius 2 is 1.86 bits per heavy atom. The molecule has 2 aromatic carbocycles. The van der Waals surface area contributed by atoms with Gasteiger partial charge in [0.1, 0.15) is 0 Å². The SMILES string of the molecule is Cc1cc(Cl)ccc1NC(=O)Cc1ccccc1S(C)(=O)=O. The summed E-state index contributed by atoms with van der Waals surface area (Å²) in [5.74, 6) is -0.276. The standard InChI is InChI=1S/C16H16ClNO3S/c1-11-9-13(17)7-8-14(11)18-16(19)10-12-5-3-4-6-15(12)22(2,20)21/h3-9H,10H2,1-2H3,(H,18,19). The van der Waals surface area contributed by atoms with Gasteiger partial charge in [0.25, 0.3) is 0 Å². The number of sulfone groups is 1. The predicted octanol–water partition coefficient (Wildman–Crippen LogP) is 3.23. The van der Waals surface area contributed by atoms with Crippen LogP contribution in [0.25, 0.3) is 0 Å². The second-order valence-electron chi connectivity index (χ2n) is 5.06. The van der Waals surface area contributed by atoms with Gasteiger partial charge in [-0.3, -0.25) is 4.79 Å². The molecule has 2 aromatic rings. The topological polar surface area (TPSA) is 63.2 Å². The van der Waals surface area contributed by atoms with E-state index < -0.39 is 9.84 Å². The van der Waals surface area contributed by atoms with E-state index in [0.29, 0.717) is 16.3 Å². The Bertz CT molecular complexity index is 816. The maximum absolute atomic E-state index is 12.2. The Morgan fingerprint density at radius 3 is 2.50 bits per heavy atom. The minimum Gasteiger partial charge on any atom is -0.326 e. The maximum Gasteiger partial charge on any atom is 0.228 e. The van der Waals surface area contributed by atoms with E-state index in [-0.39, 0.29) is 17.2 Å². The molecule has 2 rings (SSSR count). The van der Waals surface area contributed by atoms with Gasteiger partial charge in [0.05, 0.1) is 11.3 Å². The van der Waals surface area contributed by atoms with E-state index in [0.717, 1.165) is 11.8 Å². The van der Waals surface area contributed by atoms with Crippen LogP contribution in [-0.4, -0.2) is 20.6 Å². The number of rotatable bonds is 4. The van der Waals surface area contributed by atoms with E-state index in [2.05, 4.69) is 5.32 Å². The summed E-state index contributed by atoms with van der Waals surface area (Å²) in [5, 5.41) is 3.37. The second-order valence-corrected chi connectivity index (χ2v) is 7.48. The molecule has 0 aliphatic rings. The summed E-state index contributed by atoms with van der Waals surface area (Å²) >= 11 is 5.87. The molecule has 0 radical (unpaired) electrons. The summed E-state index contributed by atoms with van der Waals surface area (Å²) in [6, 6.07) is 11.7. The lowest BCUT2D eigenvalue weighted by molar-refractivity contribution is -0.115. The van der Waals surface area contributed by atoms with Crippen molar-refractivity contribution in [2.75, 3.05) is 11.6 Å². The first-order valence-corrected chi connectivity index (χ1v) is 8.88. The molecule has 0 saturated heterocycles. The molecule has 0 spiro atoms. The molecule has 0 bridgehead atoms. The van der Waals surface area contributed by atoms with Crippen LogP contribution in [0.2, 0.25) is 5.02 Å². The molecule has 6 heteroatoms. The van der Waals surface area contributed by atoms with Crippen LogP contribution < -0.4 is 5.32 Å². The van der Waals surface area contributed by atoms with Gasteiger partial charge in [-0.15, -0.1) is 0 Å². The van der Waals surface area contributed by atoms with Crippen molar-refractivity contribution in [3.8, 4) is 0 Å². The van der Waals surface area contributed by atoms with Gasteiger partial charge in [-0.25, -0.2) is 8.42 Å². The third kappa shape index (κ3) is 4.08. The van der Waals surface area contributed by atoms with E-state index in [1.807, 2.05) is 6.92 Å². The van der Waals surface area contributed by atoms with Crippen LogP contribution in [0.3, 0.4) is 0 Å². The number of nitrogens with one attached hydrogen (secondary N) is 1. The number of aryl methyl sites for hydroxylation is 1. The van der Waals surface area contributed by atoms with Gasteiger partial charge >= 0.3 is 0 Å². The highest BCUT2D eigenvalue weighted by Gasteiger charge is 2.15. The predicted molar refractivity (Wildman–Crippen MR) is 88.1 cm³/mol. The molecule has 0 saturated carbocycles. The van der Waals surface area contributed by atoms with Crippen molar-refractivity contribution in [1.29, 1.82) is 0 Å². The van der Waals surface area contributed by atoms with Gasteiger partial charge in [0, 0.05) is 17.0 Å². The summed E-state index contributed by atoms with van der Waals surface area (Å²) in [5.41, 5.74) is 1.98. The molecule has 0 aliphatic carbocycles. The van der Waals surface area contributed by atoms with Crippen LogP contribution in [0.15, 0.2) is 47.4 Å². The van der Waals surface area contributed by atoms with E-state index in [1.54, 1.807) is 36.4 Å². The largest absolute Gasteiger partial charge is 0.326 e. The van der Waals surface area contributed by atoms with Crippen molar-refractivity contribution >= 4 is 33.0 Å². The lowest BCUT2D eigenvalue weighted by atomic mass is 10.1. The van der Waals surface area contributed by atoms with Gasteiger partial charge in [-0.05, 0) is 42.3 Å². The first kappa shape index (κ1) is 16.5. The molecule has 22 heavy (non-hydrogen) atoms. The van der Waals surface area contributed by atoms with E-state index in [4.69, 9.17) is 11.6 Å². The molecule has 1 amide bonds. The van der Waals surface area contributed by atoms with Crippen LogP contribution in [0.4, 0.5) is 5.69 Å². The lowest BCUT2D eigenvalue weighted by Crippen LogP contribution is -2.16. The molecule has 1 N–H and O–H groups in total. The molecular formula is C16H16ClNO3S. The quantitative estimate of drug-likeness (QED) is 0.931. The van der Waals surface area contributed by atoms with Gasteiger partial charge < -0.3 is 5.32 Å². The highest BCUT2D eigenvalue weighted by Crippen LogP contribution is 2.21. The van der Waals surface area contributed by atoms with Gasteiger partial charge in [0.15, 0.2) is 9.84 Å². The zero-order chi connectivity index (χ0) is 16.3. The maximum atomic E-state index is 12.2. The van der Waals surface area contributed by atoms with Crippen LogP contribution in [0, 0.1) is 6.92 Å². The number of hydrogen-bond donors (Lipinski definition) is 1. The monoisotopic (exact) mass is 337 g/mol. The fraction of sp³-hybridized carbons (Fsp3) is 0.188. The van der Waals surface area contributed by atoms with E-state index in [1.165, 1.54) is 6.07 Å². The highest BCUT2D eigenvalue weighted by atomic mass is 35.5. The summed E-state index contributed by atoms with van der Waals surface area (Å²) in [6.07, 6.45) is 1.12. The summed E-state index contributed by atoms with van der Waals surface area (Å²) in [6.45, 7) is 1.84. The number of carbonyl (C=O) groups is 1. The van der Waals surface area contributed by atoms with Crippen molar-refractivity contribution < 1.29 is 13.2 Å². The smallest absolute Gasteiger partial charge is 0.228 e. The number of anilines is 1. The Balaban J connectivity index is 2.20. The Kier molecular flexibility index (Phi) is 4.88. The lowest BCUT2D eigenvalue weighted by Gasteiger charge is -2.10. The van der Waals surface area contributed by atoms with Crippen molar-refractivity contribution in [2.45, 2.75) is 18.2 Å². The highest BCUT2D eigenvalue weighted by molar-refractivity contribution is 7.90. The van der Waals surface area contributed by atoms with Crippen LogP contribution >= 0.6 is 11.6 Å². The van der Waals surface area contributed by atoms with Crippen molar-refractivity contribution in [3.63, 3.8) is 0 Å². The normalized spacial score (nSPS) is 11.2. The number of benzene rings is 2. The molecule has 0 fully saturated rings.